The maximum Gasteiger partial charge on any atom is 0.177 e. The molecule has 0 unspecified atom stereocenters. The second-order valence-electron chi connectivity index (χ2n) is 5.81. The van der Waals surface area contributed by atoms with E-state index in [4.69, 9.17) is 0 Å². The molecule has 0 radical (unpaired) electrons. The van der Waals surface area contributed by atoms with Gasteiger partial charge in [-0.15, -0.1) is 0 Å². The average Bonchev–Trinajstić information content (AvgIpc) is 2.45. The van der Waals surface area contributed by atoms with E-state index in [1.165, 1.54) is 12.1 Å². The molecule has 0 bridgehead atoms. The lowest BCUT2D eigenvalue weighted by Crippen LogP contribution is -2.37. The number of sulfone groups is 2. The Labute approximate surface area is 131 Å². The van der Waals surface area contributed by atoms with E-state index in [2.05, 4.69) is 0 Å². The third-order valence-electron chi connectivity index (χ3n) is 3.88. The minimum atomic E-state index is -3.56. The van der Waals surface area contributed by atoms with Crippen molar-refractivity contribution in [3.8, 4) is 0 Å². The number of benzene rings is 1. The Hall–Kier alpha value is -1.12. The molecule has 8 heteroatoms. The van der Waals surface area contributed by atoms with E-state index in [-0.39, 0.29) is 22.3 Å². The standard InChI is InChI=1S/C14H21NO5S2/c1-21(17,18)12-5-6-13(14(8-12)22(2,19)20)15-7-3-4-11(9-15)10-16/h5-6,8,11,16H,3-4,7,9-10H2,1-2H3/t11-/m0/s1. The van der Waals surface area contributed by atoms with Crippen molar-refractivity contribution in [2.45, 2.75) is 22.6 Å². The van der Waals surface area contributed by atoms with Crippen LogP contribution in [-0.4, -0.2) is 54.2 Å². The van der Waals surface area contributed by atoms with Crippen LogP contribution in [0.3, 0.4) is 0 Å². The zero-order valence-electron chi connectivity index (χ0n) is 12.7. The first kappa shape index (κ1) is 17.2. The fourth-order valence-corrected chi connectivity index (χ4v) is 4.36. The van der Waals surface area contributed by atoms with Gasteiger partial charge in [-0.25, -0.2) is 16.8 Å². The third kappa shape index (κ3) is 3.80. The van der Waals surface area contributed by atoms with Gasteiger partial charge in [-0.2, -0.15) is 0 Å². The molecule has 1 saturated heterocycles. The Bertz CT molecular complexity index is 755. The van der Waals surface area contributed by atoms with E-state index in [1.807, 2.05) is 4.90 Å². The molecule has 124 valence electrons. The number of hydrogen-bond acceptors (Lipinski definition) is 6. The first-order valence-corrected chi connectivity index (χ1v) is 10.8. The van der Waals surface area contributed by atoms with Gasteiger partial charge in [0.25, 0.3) is 0 Å². The van der Waals surface area contributed by atoms with E-state index in [0.29, 0.717) is 18.8 Å². The van der Waals surface area contributed by atoms with Crippen molar-refractivity contribution in [2.24, 2.45) is 5.92 Å². The van der Waals surface area contributed by atoms with Crippen molar-refractivity contribution in [3.05, 3.63) is 18.2 Å². The molecule has 1 aromatic carbocycles. The Morgan fingerprint density at radius 1 is 1.18 bits per heavy atom. The van der Waals surface area contributed by atoms with Gasteiger partial charge in [0, 0.05) is 32.2 Å². The molecule has 0 aromatic heterocycles. The van der Waals surface area contributed by atoms with Crippen LogP contribution < -0.4 is 4.90 Å². The molecule has 2 rings (SSSR count). The van der Waals surface area contributed by atoms with Crippen molar-refractivity contribution in [1.82, 2.24) is 0 Å². The first-order valence-electron chi connectivity index (χ1n) is 7.03. The maximum atomic E-state index is 12.1. The highest BCUT2D eigenvalue weighted by Gasteiger charge is 2.25. The third-order valence-corrected chi connectivity index (χ3v) is 6.11. The second kappa shape index (κ2) is 6.17. The average molecular weight is 347 g/mol. The normalized spacial score (nSPS) is 20.1. The number of aliphatic hydroxyl groups is 1. The van der Waals surface area contributed by atoms with Crippen molar-refractivity contribution in [2.75, 3.05) is 37.1 Å². The van der Waals surface area contributed by atoms with Crippen LogP contribution in [0.2, 0.25) is 0 Å². The SMILES string of the molecule is CS(=O)(=O)c1ccc(N2CCC[C@H](CO)C2)c(S(C)(=O)=O)c1. The topological polar surface area (TPSA) is 91.8 Å². The molecule has 22 heavy (non-hydrogen) atoms. The van der Waals surface area contributed by atoms with Crippen molar-refractivity contribution in [1.29, 1.82) is 0 Å². The molecule has 1 atom stereocenters. The summed E-state index contributed by atoms with van der Waals surface area (Å²) in [6.45, 7) is 1.32. The summed E-state index contributed by atoms with van der Waals surface area (Å²) in [5.41, 5.74) is 0.507. The van der Waals surface area contributed by atoms with Crippen molar-refractivity contribution in [3.63, 3.8) is 0 Å². The summed E-state index contributed by atoms with van der Waals surface area (Å²) in [5, 5.41) is 9.31. The molecule has 6 nitrogen and oxygen atoms in total. The predicted molar refractivity (Wildman–Crippen MR) is 84.7 cm³/mol. The monoisotopic (exact) mass is 347 g/mol. The molecule has 1 aromatic rings. The highest BCUT2D eigenvalue weighted by molar-refractivity contribution is 7.91. The Balaban J connectivity index is 2.52. The molecule has 0 spiro atoms. The van der Waals surface area contributed by atoms with Crippen molar-refractivity contribution < 1.29 is 21.9 Å². The highest BCUT2D eigenvalue weighted by atomic mass is 32.2. The smallest absolute Gasteiger partial charge is 0.177 e. The fourth-order valence-electron chi connectivity index (χ4n) is 2.72. The summed E-state index contributed by atoms with van der Waals surface area (Å²) in [4.78, 5) is 1.92. The number of anilines is 1. The molecule has 1 fully saturated rings. The fraction of sp³-hybridized carbons (Fsp3) is 0.571. The summed E-state index contributed by atoms with van der Waals surface area (Å²) in [6, 6.07) is 4.21. The van der Waals surface area contributed by atoms with E-state index < -0.39 is 19.7 Å². The minimum Gasteiger partial charge on any atom is -0.396 e. The van der Waals surface area contributed by atoms with Gasteiger partial charge in [0.1, 0.15) is 0 Å². The van der Waals surface area contributed by atoms with Gasteiger partial charge < -0.3 is 10.0 Å². The van der Waals surface area contributed by atoms with Crippen LogP contribution in [0.4, 0.5) is 5.69 Å². The quantitative estimate of drug-likeness (QED) is 0.862. The van der Waals surface area contributed by atoms with Gasteiger partial charge in [-0.05, 0) is 37.0 Å². The van der Waals surface area contributed by atoms with Crippen LogP contribution in [-0.2, 0) is 19.7 Å². The van der Waals surface area contributed by atoms with Crippen LogP contribution in [0.1, 0.15) is 12.8 Å². The van der Waals surface area contributed by atoms with Crippen LogP contribution >= 0.6 is 0 Å². The lowest BCUT2D eigenvalue weighted by molar-refractivity contribution is 0.208. The lowest BCUT2D eigenvalue weighted by Gasteiger charge is -2.34. The lowest BCUT2D eigenvalue weighted by atomic mass is 9.98. The summed E-state index contributed by atoms with van der Waals surface area (Å²) in [6.07, 6.45) is 3.90. The Morgan fingerprint density at radius 3 is 2.41 bits per heavy atom. The van der Waals surface area contributed by atoms with Crippen LogP contribution in [0.25, 0.3) is 0 Å². The van der Waals surface area contributed by atoms with Gasteiger partial charge in [-0.3, -0.25) is 0 Å². The zero-order valence-corrected chi connectivity index (χ0v) is 14.3. The van der Waals surface area contributed by atoms with E-state index in [0.717, 1.165) is 25.4 Å². The van der Waals surface area contributed by atoms with Crippen molar-refractivity contribution >= 4 is 25.4 Å². The minimum absolute atomic E-state index is 0.00704. The largest absolute Gasteiger partial charge is 0.396 e. The first-order chi connectivity index (χ1) is 10.1. The van der Waals surface area contributed by atoms with Gasteiger partial charge in [0.15, 0.2) is 19.7 Å². The molecule has 0 amide bonds. The number of hydrogen-bond donors (Lipinski definition) is 1. The summed E-state index contributed by atoms with van der Waals surface area (Å²) in [5.74, 6) is 0.107. The molecular weight excluding hydrogens is 326 g/mol. The molecule has 0 aliphatic carbocycles. The van der Waals surface area contributed by atoms with E-state index in [9.17, 15) is 21.9 Å². The van der Waals surface area contributed by atoms with E-state index >= 15 is 0 Å². The summed E-state index contributed by atoms with van der Waals surface area (Å²) < 4.78 is 47.4. The van der Waals surface area contributed by atoms with E-state index in [1.54, 1.807) is 6.07 Å². The molecule has 1 aliphatic heterocycles. The number of nitrogens with zero attached hydrogens (tertiary/aromatic N) is 1. The van der Waals surface area contributed by atoms with Crippen LogP contribution in [0.15, 0.2) is 28.0 Å². The maximum absolute atomic E-state index is 12.1. The van der Waals surface area contributed by atoms with Gasteiger partial charge in [0.2, 0.25) is 0 Å². The molecule has 0 saturated carbocycles. The Morgan fingerprint density at radius 2 is 1.86 bits per heavy atom. The molecule has 1 N–H and O–H groups in total. The number of aliphatic hydroxyl groups excluding tert-OH is 1. The van der Waals surface area contributed by atoms with Crippen LogP contribution in [0, 0.1) is 5.92 Å². The van der Waals surface area contributed by atoms with Crippen LogP contribution in [0.5, 0.6) is 0 Å². The molecule has 1 heterocycles. The van der Waals surface area contributed by atoms with Gasteiger partial charge >= 0.3 is 0 Å². The summed E-state index contributed by atoms with van der Waals surface area (Å²) in [7, 11) is -7.03. The summed E-state index contributed by atoms with van der Waals surface area (Å²) >= 11 is 0. The Kier molecular flexibility index (Phi) is 4.84. The molecule has 1 aliphatic rings. The second-order valence-corrected chi connectivity index (χ2v) is 9.81. The number of piperidine rings is 1. The van der Waals surface area contributed by atoms with Gasteiger partial charge in [-0.1, -0.05) is 0 Å². The molecular formula is C14H21NO5S2. The highest BCUT2D eigenvalue weighted by Crippen LogP contribution is 2.31. The predicted octanol–water partition coefficient (Wildman–Crippen LogP) is 0.702. The van der Waals surface area contributed by atoms with Gasteiger partial charge in [0.05, 0.1) is 15.5 Å². The number of rotatable bonds is 4. The zero-order chi connectivity index (χ0) is 16.5.